The number of benzene rings is 1. The van der Waals surface area contributed by atoms with Crippen molar-refractivity contribution in [1.29, 1.82) is 0 Å². The van der Waals surface area contributed by atoms with Crippen molar-refractivity contribution < 1.29 is 28.2 Å². The number of carbonyl (C=O) groups excluding carboxylic acids is 1. The fourth-order valence-corrected chi connectivity index (χ4v) is 3.79. The number of rotatable bonds is 4. The average molecular weight is 368 g/mol. The Balaban J connectivity index is 1.91. The van der Waals surface area contributed by atoms with Gasteiger partial charge in [-0.25, -0.2) is 13.6 Å². The van der Waals surface area contributed by atoms with Crippen molar-refractivity contribution in [2.45, 2.75) is 38.0 Å². The summed E-state index contributed by atoms with van der Waals surface area (Å²) in [6.45, 7) is 4.17. The third-order valence-electron chi connectivity index (χ3n) is 5.10. The van der Waals surface area contributed by atoms with Crippen LogP contribution in [0.2, 0.25) is 0 Å². The number of piperidine rings is 1. The van der Waals surface area contributed by atoms with E-state index >= 15 is 0 Å². The molecule has 0 radical (unpaired) electrons. The average Bonchev–Trinajstić information content (AvgIpc) is 2.96. The molecule has 0 unspecified atom stereocenters. The standard InChI is InChI=1S/C18H22F2N2O4/c1-2-7-21-8-5-18(6-9-21)22(15(11-26-18)17(24)25)16(23)13-4-3-12(19)10-14(13)20/h3-4,10,15H,2,5-9,11H2,1H3,(H,24,25)/t15-/m0/s1. The first-order valence-electron chi connectivity index (χ1n) is 8.76. The maximum Gasteiger partial charge on any atom is 0.328 e. The Kier molecular flexibility index (Phi) is 5.24. The minimum atomic E-state index is -1.20. The minimum Gasteiger partial charge on any atom is -0.480 e. The van der Waals surface area contributed by atoms with E-state index in [0.717, 1.165) is 30.0 Å². The van der Waals surface area contributed by atoms with Gasteiger partial charge in [-0.15, -0.1) is 0 Å². The van der Waals surface area contributed by atoms with Crippen molar-refractivity contribution in [3.05, 3.63) is 35.4 Å². The van der Waals surface area contributed by atoms with E-state index in [-0.39, 0.29) is 12.2 Å². The predicted molar refractivity (Wildman–Crippen MR) is 88.6 cm³/mol. The van der Waals surface area contributed by atoms with Crippen molar-refractivity contribution in [3.63, 3.8) is 0 Å². The van der Waals surface area contributed by atoms with Crippen LogP contribution in [0.15, 0.2) is 18.2 Å². The number of carbonyl (C=O) groups is 2. The van der Waals surface area contributed by atoms with Gasteiger partial charge in [0.2, 0.25) is 0 Å². The number of carboxylic acids is 1. The molecule has 142 valence electrons. The van der Waals surface area contributed by atoms with Crippen molar-refractivity contribution >= 4 is 11.9 Å². The Morgan fingerprint density at radius 2 is 2.00 bits per heavy atom. The second-order valence-electron chi connectivity index (χ2n) is 6.75. The summed E-state index contributed by atoms with van der Waals surface area (Å²) in [5.74, 6) is -3.79. The number of nitrogens with zero attached hydrogens (tertiary/aromatic N) is 2. The Morgan fingerprint density at radius 1 is 1.31 bits per heavy atom. The fraction of sp³-hybridized carbons (Fsp3) is 0.556. The van der Waals surface area contributed by atoms with Gasteiger partial charge >= 0.3 is 5.97 Å². The Morgan fingerprint density at radius 3 is 2.58 bits per heavy atom. The van der Waals surface area contributed by atoms with Crippen LogP contribution in [0, 0.1) is 11.6 Å². The highest BCUT2D eigenvalue weighted by Gasteiger charge is 2.54. The van der Waals surface area contributed by atoms with Crippen molar-refractivity contribution in [2.75, 3.05) is 26.2 Å². The third kappa shape index (κ3) is 3.31. The molecule has 26 heavy (non-hydrogen) atoms. The van der Waals surface area contributed by atoms with Crippen molar-refractivity contribution in [3.8, 4) is 0 Å². The molecule has 1 aromatic carbocycles. The summed E-state index contributed by atoms with van der Waals surface area (Å²) in [5.41, 5.74) is -1.41. The quantitative estimate of drug-likeness (QED) is 0.881. The Hall–Kier alpha value is -2.06. The fourth-order valence-electron chi connectivity index (χ4n) is 3.79. The van der Waals surface area contributed by atoms with Crippen LogP contribution in [-0.2, 0) is 9.53 Å². The van der Waals surface area contributed by atoms with Crippen LogP contribution in [0.4, 0.5) is 8.78 Å². The number of ether oxygens (including phenoxy) is 1. The molecule has 6 nitrogen and oxygen atoms in total. The van der Waals surface area contributed by atoms with E-state index in [2.05, 4.69) is 11.8 Å². The molecule has 8 heteroatoms. The normalized spacial score (nSPS) is 22.7. The zero-order chi connectivity index (χ0) is 18.9. The van der Waals surface area contributed by atoms with Crippen LogP contribution in [-0.4, -0.2) is 64.8 Å². The summed E-state index contributed by atoms with van der Waals surface area (Å²) in [5, 5.41) is 9.51. The molecule has 1 spiro atoms. The van der Waals surface area contributed by atoms with Crippen molar-refractivity contribution in [1.82, 2.24) is 9.80 Å². The molecule has 0 aromatic heterocycles. The zero-order valence-corrected chi connectivity index (χ0v) is 14.6. The largest absolute Gasteiger partial charge is 0.480 e. The Labute approximate surface area is 150 Å². The number of amides is 1. The molecule has 1 atom stereocenters. The molecule has 3 rings (SSSR count). The summed E-state index contributed by atoms with van der Waals surface area (Å²) < 4.78 is 33.1. The number of carboxylic acid groups (broad SMARTS) is 1. The van der Waals surface area contributed by atoms with E-state index in [1.807, 2.05) is 0 Å². The van der Waals surface area contributed by atoms with Crippen LogP contribution in [0.1, 0.15) is 36.5 Å². The van der Waals surface area contributed by atoms with Gasteiger partial charge in [-0.2, -0.15) is 0 Å². The van der Waals surface area contributed by atoms with Gasteiger partial charge in [-0.3, -0.25) is 9.69 Å². The van der Waals surface area contributed by atoms with Gasteiger partial charge in [0.15, 0.2) is 6.04 Å². The summed E-state index contributed by atoms with van der Waals surface area (Å²) in [6, 6.07) is 1.46. The summed E-state index contributed by atoms with van der Waals surface area (Å²) in [7, 11) is 0. The van der Waals surface area contributed by atoms with E-state index < -0.39 is 35.3 Å². The highest BCUT2D eigenvalue weighted by molar-refractivity contribution is 5.97. The molecular formula is C18H22F2N2O4. The van der Waals surface area contributed by atoms with E-state index in [4.69, 9.17) is 4.74 Å². The zero-order valence-electron chi connectivity index (χ0n) is 14.6. The van der Waals surface area contributed by atoms with Gasteiger partial charge in [0.25, 0.3) is 5.91 Å². The number of hydrogen-bond donors (Lipinski definition) is 1. The lowest BCUT2D eigenvalue weighted by atomic mass is 9.96. The monoisotopic (exact) mass is 368 g/mol. The van der Waals surface area contributed by atoms with Crippen LogP contribution in [0.3, 0.4) is 0 Å². The molecule has 1 aromatic rings. The first-order chi connectivity index (χ1) is 12.4. The number of halogens is 2. The molecule has 0 aliphatic carbocycles. The lowest BCUT2D eigenvalue weighted by Crippen LogP contribution is -2.58. The molecule has 2 saturated heterocycles. The maximum absolute atomic E-state index is 14.1. The molecule has 2 heterocycles. The molecular weight excluding hydrogens is 346 g/mol. The first kappa shape index (κ1) is 18.7. The molecule has 2 aliphatic rings. The van der Waals surface area contributed by atoms with Gasteiger partial charge in [0.05, 0.1) is 12.2 Å². The van der Waals surface area contributed by atoms with E-state index in [0.29, 0.717) is 32.0 Å². The smallest absolute Gasteiger partial charge is 0.328 e. The Bertz CT molecular complexity index is 704. The summed E-state index contributed by atoms with van der Waals surface area (Å²) in [4.78, 5) is 28.0. The highest BCUT2D eigenvalue weighted by atomic mass is 19.1. The van der Waals surface area contributed by atoms with Crippen LogP contribution in [0.5, 0.6) is 0 Å². The molecule has 0 bridgehead atoms. The first-order valence-corrected chi connectivity index (χ1v) is 8.76. The predicted octanol–water partition coefficient (Wildman–Crippen LogP) is 2.09. The van der Waals surface area contributed by atoms with Gasteiger partial charge in [0, 0.05) is 32.0 Å². The van der Waals surface area contributed by atoms with Gasteiger partial charge in [-0.05, 0) is 25.1 Å². The lowest BCUT2D eigenvalue weighted by Gasteiger charge is -2.44. The third-order valence-corrected chi connectivity index (χ3v) is 5.10. The SMILES string of the molecule is CCCN1CCC2(CC1)OC[C@@H](C(=O)O)N2C(=O)c1ccc(F)cc1F. The highest BCUT2D eigenvalue weighted by Crippen LogP contribution is 2.38. The molecule has 1 amide bonds. The minimum absolute atomic E-state index is 0.141. The second-order valence-corrected chi connectivity index (χ2v) is 6.75. The van der Waals surface area contributed by atoms with Crippen molar-refractivity contribution in [2.24, 2.45) is 0 Å². The number of aliphatic carboxylic acids is 1. The summed E-state index contributed by atoms with van der Waals surface area (Å²) >= 11 is 0. The molecule has 2 aliphatic heterocycles. The molecule has 0 saturated carbocycles. The van der Waals surface area contributed by atoms with E-state index in [1.54, 1.807) is 0 Å². The molecule has 2 fully saturated rings. The maximum atomic E-state index is 14.1. The van der Waals surface area contributed by atoms with Crippen LogP contribution < -0.4 is 0 Å². The lowest BCUT2D eigenvalue weighted by molar-refractivity contribution is -0.143. The number of hydrogen-bond acceptors (Lipinski definition) is 4. The number of likely N-dealkylation sites (tertiary alicyclic amines) is 1. The van der Waals surface area contributed by atoms with E-state index in [9.17, 15) is 23.5 Å². The van der Waals surface area contributed by atoms with Gasteiger partial charge in [-0.1, -0.05) is 6.92 Å². The van der Waals surface area contributed by atoms with Crippen LogP contribution >= 0.6 is 0 Å². The molecule has 1 N–H and O–H groups in total. The van der Waals surface area contributed by atoms with E-state index in [1.165, 1.54) is 0 Å². The van der Waals surface area contributed by atoms with Crippen LogP contribution in [0.25, 0.3) is 0 Å². The summed E-state index contributed by atoms with van der Waals surface area (Å²) in [6.07, 6.45) is 1.89. The van der Waals surface area contributed by atoms with Gasteiger partial charge in [0.1, 0.15) is 17.4 Å². The van der Waals surface area contributed by atoms with Gasteiger partial charge < -0.3 is 14.7 Å². The topological polar surface area (TPSA) is 70.1 Å². The second kappa shape index (κ2) is 7.28.